The van der Waals surface area contributed by atoms with Crippen LogP contribution in [0.15, 0.2) is 30.5 Å². The van der Waals surface area contributed by atoms with Crippen LogP contribution in [0.2, 0.25) is 0 Å². The minimum Gasteiger partial charge on any atom is -0.497 e. The van der Waals surface area contributed by atoms with E-state index in [0.717, 1.165) is 54.9 Å². The van der Waals surface area contributed by atoms with Gasteiger partial charge in [0.1, 0.15) is 5.75 Å². The van der Waals surface area contributed by atoms with Crippen LogP contribution in [0.25, 0.3) is 11.1 Å². The molecule has 1 N–H and O–H groups in total. The third-order valence-electron chi connectivity index (χ3n) is 5.54. The average Bonchev–Trinajstić information content (AvgIpc) is 3.39. The first-order chi connectivity index (χ1) is 12.8. The number of benzene rings is 1. The molecule has 1 unspecified atom stereocenters. The van der Waals surface area contributed by atoms with Crippen molar-refractivity contribution in [2.24, 2.45) is 5.92 Å². The average molecular weight is 355 g/mol. The van der Waals surface area contributed by atoms with Crippen molar-refractivity contribution in [3.05, 3.63) is 36.2 Å². The van der Waals surface area contributed by atoms with Crippen molar-refractivity contribution in [1.29, 1.82) is 0 Å². The van der Waals surface area contributed by atoms with E-state index in [0.29, 0.717) is 19.1 Å². The van der Waals surface area contributed by atoms with Gasteiger partial charge in [-0.3, -0.25) is 9.89 Å². The van der Waals surface area contributed by atoms with E-state index in [1.165, 1.54) is 0 Å². The molecule has 6 nitrogen and oxygen atoms in total. The molecule has 1 amide bonds. The van der Waals surface area contributed by atoms with Crippen LogP contribution < -0.4 is 4.74 Å². The summed E-state index contributed by atoms with van der Waals surface area (Å²) in [5.74, 6) is 1.56. The number of nitrogens with one attached hydrogen (secondary N) is 1. The van der Waals surface area contributed by atoms with E-state index in [4.69, 9.17) is 9.47 Å². The van der Waals surface area contributed by atoms with Gasteiger partial charge in [-0.2, -0.15) is 5.10 Å². The van der Waals surface area contributed by atoms with Gasteiger partial charge < -0.3 is 14.4 Å². The van der Waals surface area contributed by atoms with Crippen molar-refractivity contribution in [2.75, 3.05) is 33.4 Å². The Bertz CT molecular complexity index is 759. The molecule has 1 aromatic carbocycles. The topological polar surface area (TPSA) is 67.5 Å². The first kappa shape index (κ1) is 17.1. The van der Waals surface area contributed by atoms with Crippen LogP contribution in [0.4, 0.5) is 0 Å². The molecule has 6 heteroatoms. The zero-order valence-electron chi connectivity index (χ0n) is 15.1. The first-order valence-corrected chi connectivity index (χ1v) is 9.30. The lowest BCUT2D eigenvalue weighted by Crippen LogP contribution is -2.41. The van der Waals surface area contributed by atoms with Crippen molar-refractivity contribution in [3.63, 3.8) is 0 Å². The number of ether oxygens (including phenoxy) is 2. The number of likely N-dealkylation sites (tertiary alicyclic amines) is 1. The summed E-state index contributed by atoms with van der Waals surface area (Å²) in [4.78, 5) is 14.6. The molecule has 0 radical (unpaired) electrons. The summed E-state index contributed by atoms with van der Waals surface area (Å²) in [7, 11) is 1.68. The second-order valence-corrected chi connectivity index (χ2v) is 7.09. The highest BCUT2D eigenvalue weighted by molar-refractivity contribution is 5.79. The summed E-state index contributed by atoms with van der Waals surface area (Å²) in [5.41, 5.74) is 3.39. The molecule has 3 heterocycles. The fourth-order valence-electron chi connectivity index (χ4n) is 4.00. The van der Waals surface area contributed by atoms with Gasteiger partial charge in [0.15, 0.2) is 0 Å². The number of carbonyl (C=O) groups excluding carboxylic acids is 1. The van der Waals surface area contributed by atoms with Gasteiger partial charge in [0.25, 0.3) is 0 Å². The number of aromatic nitrogens is 2. The minimum atomic E-state index is 0.0612. The predicted octanol–water partition coefficient (Wildman–Crippen LogP) is 2.83. The molecule has 2 aliphatic heterocycles. The standard InChI is InChI=1S/C20H25N3O3/c1-25-17-4-2-3-15(11-17)18-12-21-22-19(18)14-5-8-23(9-6-14)20(24)16-7-10-26-13-16/h2-4,11-12,14,16H,5-10,13H2,1H3,(H,21,22). The van der Waals surface area contributed by atoms with Gasteiger partial charge in [-0.05, 0) is 37.0 Å². The largest absolute Gasteiger partial charge is 0.497 e. The number of carbonyl (C=O) groups is 1. The first-order valence-electron chi connectivity index (χ1n) is 9.30. The molecular formula is C20H25N3O3. The zero-order valence-corrected chi connectivity index (χ0v) is 15.1. The Balaban J connectivity index is 1.45. The molecular weight excluding hydrogens is 330 g/mol. The maximum Gasteiger partial charge on any atom is 0.228 e. The van der Waals surface area contributed by atoms with Crippen molar-refractivity contribution in [3.8, 4) is 16.9 Å². The Labute approximate surface area is 153 Å². The van der Waals surface area contributed by atoms with Gasteiger partial charge in [-0.15, -0.1) is 0 Å². The van der Waals surface area contributed by atoms with Crippen molar-refractivity contribution in [1.82, 2.24) is 15.1 Å². The molecule has 0 aliphatic carbocycles. The summed E-state index contributed by atoms with van der Waals surface area (Å²) in [5, 5.41) is 7.48. The molecule has 1 atom stereocenters. The normalized spacial score (nSPS) is 21.1. The summed E-state index contributed by atoms with van der Waals surface area (Å²) in [6.45, 7) is 2.90. The molecule has 0 bridgehead atoms. The van der Waals surface area contributed by atoms with Crippen molar-refractivity contribution < 1.29 is 14.3 Å². The number of piperidine rings is 1. The highest BCUT2D eigenvalue weighted by atomic mass is 16.5. The van der Waals surface area contributed by atoms with Gasteiger partial charge in [-0.1, -0.05) is 12.1 Å². The molecule has 2 saturated heterocycles. The summed E-state index contributed by atoms with van der Waals surface area (Å²) in [6.07, 6.45) is 4.66. The molecule has 2 aromatic rings. The maximum absolute atomic E-state index is 12.6. The van der Waals surface area contributed by atoms with Gasteiger partial charge in [0, 0.05) is 36.9 Å². The SMILES string of the molecule is COc1cccc(-c2cn[nH]c2C2CCN(C(=O)C3CCOC3)CC2)c1. The number of H-pyrrole nitrogens is 1. The lowest BCUT2D eigenvalue weighted by molar-refractivity contribution is -0.136. The fraction of sp³-hybridized carbons (Fsp3) is 0.500. The summed E-state index contributed by atoms with van der Waals surface area (Å²) >= 11 is 0. The number of nitrogens with zero attached hydrogens (tertiary/aromatic N) is 2. The number of hydrogen-bond donors (Lipinski definition) is 1. The monoisotopic (exact) mass is 355 g/mol. The predicted molar refractivity (Wildman–Crippen MR) is 98.1 cm³/mol. The summed E-state index contributed by atoms with van der Waals surface area (Å²) in [6, 6.07) is 8.05. The molecule has 26 heavy (non-hydrogen) atoms. The van der Waals surface area contributed by atoms with Gasteiger partial charge in [0.05, 0.1) is 25.8 Å². The Kier molecular flexibility index (Phi) is 4.93. The highest BCUT2D eigenvalue weighted by Crippen LogP contribution is 2.35. The number of amides is 1. The van der Waals surface area contributed by atoms with Crippen LogP contribution in [-0.2, 0) is 9.53 Å². The van der Waals surface area contributed by atoms with E-state index in [1.54, 1.807) is 7.11 Å². The van der Waals surface area contributed by atoms with Crippen molar-refractivity contribution in [2.45, 2.75) is 25.2 Å². The Hall–Kier alpha value is -2.34. The second kappa shape index (κ2) is 7.50. The van der Waals surface area contributed by atoms with Gasteiger partial charge in [0.2, 0.25) is 5.91 Å². The molecule has 138 valence electrons. The van der Waals surface area contributed by atoms with Crippen LogP contribution in [-0.4, -0.2) is 54.4 Å². The third-order valence-corrected chi connectivity index (χ3v) is 5.54. The number of methoxy groups -OCH3 is 1. The Morgan fingerprint density at radius 1 is 1.31 bits per heavy atom. The Morgan fingerprint density at radius 3 is 2.88 bits per heavy atom. The minimum absolute atomic E-state index is 0.0612. The number of hydrogen-bond acceptors (Lipinski definition) is 4. The smallest absolute Gasteiger partial charge is 0.228 e. The van der Waals surface area contributed by atoms with Crippen LogP contribution in [0.3, 0.4) is 0 Å². The van der Waals surface area contributed by atoms with Gasteiger partial charge >= 0.3 is 0 Å². The second-order valence-electron chi connectivity index (χ2n) is 7.09. The van der Waals surface area contributed by atoms with E-state index >= 15 is 0 Å². The van der Waals surface area contributed by atoms with E-state index in [9.17, 15) is 4.79 Å². The summed E-state index contributed by atoms with van der Waals surface area (Å²) < 4.78 is 10.7. The zero-order chi connectivity index (χ0) is 17.9. The van der Waals surface area contributed by atoms with E-state index in [-0.39, 0.29) is 11.8 Å². The van der Waals surface area contributed by atoms with E-state index in [2.05, 4.69) is 16.3 Å². The van der Waals surface area contributed by atoms with E-state index in [1.807, 2.05) is 29.3 Å². The van der Waals surface area contributed by atoms with Crippen molar-refractivity contribution >= 4 is 5.91 Å². The van der Waals surface area contributed by atoms with Crippen LogP contribution in [0, 0.1) is 5.92 Å². The molecule has 4 rings (SSSR count). The number of rotatable bonds is 4. The van der Waals surface area contributed by atoms with E-state index < -0.39 is 0 Å². The molecule has 0 spiro atoms. The molecule has 0 saturated carbocycles. The third kappa shape index (κ3) is 3.33. The lowest BCUT2D eigenvalue weighted by Gasteiger charge is -2.33. The molecule has 2 aliphatic rings. The Morgan fingerprint density at radius 2 is 2.15 bits per heavy atom. The lowest BCUT2D eigenvalue weighted by atomic mass is 9.89. The van der Waals surface area contributed by atoms with Gasteiger partial charge in [-0.25, -0.2) is 0 Å². The highest BCUT2D eigenvalue weighted by Gasteiger charge is 2.32. The van der Waals surface area contributed by atoms with Crippen LogP contribution >= 0.6 is 0 Å². The molecule has 2 fully saturated rings. The van der Waals surface area contributed by atoms with Crippen LogP contribution in [0.5, 0.6) is 5.75 Å². The quantitative estimate of drug-likeness (QED) is 0.916. The maximum atomic E-state index is 12.6. The van der Waals surface area contributed by atoms with Crippen LogP contribution in [0.1, 0.15) is 30.9 Å². The molecule has 1 aromatic heterocycles. The number of aromatic amines is 1. The fourth-order valence-corrected chi connectivity index (χ4v) is 4.00.